The van der Waals surface area contributed by atoms with Crippen LogP contribution < -0.4 is 11.5 Å². The predicted molar refractivity (Wildman–Crippen MR) is 72.3 cm³/mol. The Morgan fingerprint density at radius 1 is 1.33 bits per heavy atom. The lowest BCUT2D eigenvalue weighted by atomic mass is 10.3. The van der Waals surface area contributed by atoms with E-state index in [1.54, 1.807) is 0 Å². The monoisotopic (exact) mass is 281 g/mol. The van der Waals surface area contributed by atoms with E-state index < -0.39 is 17.1 Å². The second kappa shape index (κ2) is 5.36. The molecule has 0 bridgehead atoms. The molecule has 1 heterocycles. The molecule has 5 nitrogen and oxygen atoms in total. The number of hydrogen-bond donors (Lipinski definition) is 2. The van der Waals surface area contributed by atoms with Crippen LogP contribution in [-0.2, 0) is 9.59 Å². The standard InChI is InChI=1S/C11H11N3O2S2/c12-9(15)5-8(10(13)16)18-11-14-6-3-1-2-4-7(6)17-11/h1-4,8H,5H2,(H2,12,15)(H2,13,16). The summed E-state index contributed by atoms with van der Waals surface area (Å²) in [4.78, 5) is 26.4. The summed E-state index contributed by atoms with van der Waals surface area (Å²) in [6.45, 7) is 0. The van der Waals surface area contributed by atoms with Crippen LogP contribution in [0.4, 0.5) is 0 Å². The average Bonchev–Trinajstić information content (AvgIpc) is 2.69. The van der Waals surface area contributed by atoms with Crippen LogP contribution in [0.15, 0.2) is 28.6 Å². The van der Waals surface area contributed by atoms with Gasteiger partial charge in [0.2, 0.25) is 11.8 Å². The Morgan fingerprint density at radius 3 is 2.67 bits per heavy atom. The largest absolute Gasteiger partial charge is 0.370 e. The fourth-order valence-electron chi connectivity index (χ4n) is 1.41. The highest BCUT2D eigenvalue weighted by atomic mass is 32.2. The topological polar surface area (TPSA) is 99.1 Å². The van der Waals surface area contributed by atoms with Gasteiger partial charge in [0.05, 0.1) is 15.5 Å². The van der Waals surface area contributed by atoms with Crippen molar-refractivity contribution in [1.29, 1.82) is 0 Å². The Balaban J connectivity index is 2.20. The molecule has 1 atom stereocenters. The van der Waals surface area contributed by atoms with Crippen molar-refractivity contribution >= 4 is 45.1 Å². The van der Waals surface area contributed by atoms with Crippen LogP contribution >= 0.6 is 23.1 Å². The molecule has 4 N–H and O–H groups in total. The number of fused-ring (bicyclic) bond motifs is 1. The van der Waals surface area contributed by atoms with E-state index in [-0.39, 0.29) is 6.42 Å². The molecular formula is C11H11N3O2S2. The SMILES string of the molecule is NC(=O)CC(Sc1nc2ccccc2s1)C(N)=O. The van der Waals surface area contributed by atoms with E-state index >= 15 is 0 Å². The maximum Gasteiger partial charge on any atom is 0.231 e. The van der Waals surface area contributed by atoms with Gasteiger partial charge in [0.1, 0.15) is 0 Å². The van der Waals surface area contributed by atoms with Gasteiger partial charge in [-0.1, -0.05) is 23.9 Å². The zero-order chi connectivity index (χ0) is 13.1. The summed E-state index contributed by atoms with van der Waals surface area (Å²) in [7, 11) is 0. The molecule has 18 heavy (non-hydrogen) atoms. The number of benzene rings is 1. The molecule has 0 aliphatic heterocycles. The highest BCUT2D eigenvalue weighted by Gasteiger charge is 2.21. The van der Waals surface area contributed by atoms with Gasteiger partial charge in [-0.15, -0.1) is 11.3 Å². The first-order chi connectivity index (χ1) is 8.56. The summed E-state index contributed by atoms with van der Waals surface area (Å²) in [6.07, 6.45) is -0.0735. The highest BCUT2D eigenvalue weighted by molar-refractivity contribution is 8.02. The molecule has 0 aliphatic rings. The van der Waals surface area contributed by atoms with E-state index in [1.807, 2.05) is 24.3 Å². The number of carbonyl (C=O) groups excluding carboxylic acids is 2. The molecule has 2 amide bonds. The van der Waals surface area contributed by atoms with Crippen LogP contribution in [0.25, 0.3) is 10.2 Å². The third kappa shape index (κ3) is 2.99. The molecule has 1 unspecified atom stereocenters. The smallest absolute Gasteiger partial charge is 0.231 e. The van der Waals surface area contributed by atoms with E-state index in [4.69, 9.17) is 11.5 Å². The van der Waals surface area contributed by atoms with Crippen molar-refractivity contribution in [2.24, 2.45) is 11.5 Å². The second-order valence-electron chi connectivity index (χ2n) is 3.63. The van der Waals surface area contributed by atoms with Crippen LogP contribution in [0.2, 0.25) is 0 Å². The van der Waals surface area contributed by atoms with Crippen molar-refractivity contribution in [3.05, 3.63) is 24.3 Å². The van der Waals surface area contributed by atoms with Crippen LogP contribution in [0.3, 0.4) is 0 Å². The number of nitrogens with two attached hydrogens (primary N) is 2. The van der Waals surface area contributed by atoms with E-state index in [0.29, 0.717) is 4.34 Å². The van der Waals surface area contributed by atoms with Crippen LogP contribution in [-0.4, -0.2) is 22.0 Å². The summed E-state index contributed by atoms with van der Waals surface area (Å²) >= 11 is 2.64. The summed E-state index contributed by atoms with van der Waals surface area (Å²) in [6, 6.07) is 7.66. The molecule has 0 fully saturated rings. The third-order valence-corrected chi connectivity index (χ3v) is 4.57. The number of aromatic nitrogens is 1. The molecule has 2 rings (SSSR count). The van der Waals surface area contributed by atoms with E-state index in [0.717, 1.165) is 10.2 Å². The summed E-state index contributed by atoms with van der Waals surface area (Å²) in [5.41, 5.74) is 11.2. The molecule has 7 heteroatoms. The molecule has 94 valence electrons. The minimum atomic E-state index is -0.664. The van der Waals surface area contributed by atoms with Gasteiger partial charge in [0, 0.05) is 6.42 Å². The molecular weight excluding hydrogens is 270 g/mol. The Morgan fingerprint density at radius 2 is 2.06 bits per heavy atom. The fraction of sp³-hybridized carbons (Fsp3) is 0.182. The number of carbonyl (C=O) groups is 2. The first-order valence-corrected chi connectivity index (χ1v) is 6.85. The minimum Gasteiger partial charge on any atom is -0.370 e. The molecule has 0 saturated carbocycles. The Kier molecular flexibility index (Phi) is 3.83. The lowest BCUT2D eigenvalue weighted by Gasteiger charge is -2.07. The van der Waals surface area contributed by atoms with E-state index in [9.17, 15) is 9.59 Å². The zero-order valence-electron chi connectivity index (χ0n) is 9.33. The minimum absolute atomic E-state index is 0.0735. The summed E-state index contributed by atoms with van der Waals surface area (Å²) in [5, 5.41) is -0.664. The molecule has 2 aromatic rings. The first-order valence-electron chi connectivity index (χ1n) is 5.16. The summed E-state index contributed by atoms with van der Waals surface area (Å²) in [5.74, 6) is -1.11. The number of amides is 2. The Labute approximate surface area is 112 Å². The number of nitrogens with zero attached hydrogens (tertiary/aromatic N) is 1. The third-order valence-electron chi connectivity index (χ3n) is 2.22. The highest BCUT2D eigenvalue weighted by Crippen LogP contribution is 2.32. The van der Waals surface area contributed by atoms with Gasteiger partial charge in [-0.05, 0) is 12.1 Å². The molecule has 0 saturated heterocycles. The molecule has 0 radical (unpaired) electrons. The number of para-hydroxylation sites is 1. The van der Waals surface area contributed by atoms with Gasteiger partial charge in [-0.25, -0.2) is 4.98 Å². The Hall–Kier alpha value is -1.60. The molecule has 0 spiro atoms. The lowest BCUT2D eigenvalue weighted by molar-refractivity contribution is -0.122. The molecule has 1 aromatic heterocycles. The van der Waals surface area contributed by atoms with Crippen molar-refractivity contribution in [1.82, 2.24) is 4.98 Å². The van der Waals surface area contributed by atoms with E-state index in [1.165, 1.54) is 23.1 Å². The average molecular weight is 281 g/mol. The fourth-order valence-corrected chi connectivity index (χ4v) is 3.67. The van der Waals surface area contributed by atoms with Crippen molar-refractivity contribution < 1.29 is 9.59 Å². The van der Waals surface area contributed by atoms with Gasteiger partial charge in [-0.2, -0.15) is 0 Å². The Bertz CT molecular complexity index is 564. The quantitative estimate of drug-likeness (QED) is 0.802. The van der Waals surface area contributed by atoms with Crippen LogP contribution in [0.1, 0.15) is 6.42 Å². The summed E-state index contributed by atoms with van der Waals surface area (Å²) < 4.78 is 1.74. The van der Waals surface area contributed by atoms with Crippen molar-refractivity contribution in [2.45, 2.75) is 16.0 Å². The maximum absolute atomic E-state index is 11.2. The predicted octanol–water partition coefficient (Wildman–Crippen LogP) is 1.12. The van der Waals surface area contributed by atoms with Gasteiger partial charge in [-0.3, -0.25) is 9.59 Å². The number of rotatable bonds is 5. The maximum atomic E-state index is 11.2. The number of primary amides is 2. The molecule has 1 aromatic carbocycles. The van der Waals surface area contributed by atoms with Gasteiger partial charge < -0.3 is 11.5 Å². The van der Waals surface area contributed by atoms with Gasteiger partial charge in [0.15, 0.2) is 4.34 Å². The first kappa shape index (κ1) is 12.8. The van der Waals surface area contributed by atoms with Crippen molar-refractivity contribution in [3.8, 4) is 0 Å². The lowest BCUT2D eigenvalue weighted by Crippen LogP contribution is -2.30. The van der Waals surface area contributed by atoms with Crippen LogP contribution in [0.5, 0.6) is 0 Å². The second-order valence-corrected chi connectivity index (χ2v) is 6.11. The normalized spacial score (nSPS) is 12.4. The zero-order valence-corrected chi connectivity index (χ0v) is 11.0. The number of hydrogen-bond acceptors (Lipinski definition) is 5. The van der Waals surface area contributed by atoms with Gasteiger partial charge >= 0.3 is 0 Å². The van der Waals surface area contributed by atoms with Crippen molar-refractivity contribution in [2.75, 3.05) is 0 Å². The van der Waals surface area contributed by atoms with E-state index in [2.05, 4.69) is 4.98 Å². The van der Waals surface area contributed by atoms with Gasteiger partial charge in [0.25, 0.3) is 0 Å². The molecule has 0 aliphatic carbocycles. The van der Waals surface area contributed by atoms with Crippen molar-refractivity contribution in [3.63, 3.8) is 0 Å². The number of thiazole rings is 1. The number of thioether (sulfide) groups is 1. The van der Waals surface area contributed by atoms with Crippen LogP contribution in [0, 0.1) is 0 Å².